The van der Waals surface area contributed by atoms with Gasteiger partial charge in [-0.05, 0) is 54.3 Å². The van der Waals surface area contributed by atoms with Gasteiger partial charge in [0.25, 0.3) is 0 Å². The molecular formula is C28H25F5O4. The smallest absolute Gasteiger partial charge is 0.416 e. The summed E-state index contributed by atoms with van der Waals surface area (Å²) in [5.41, 5.74) is -0.535. The zero-order valence-corrected chi connectivity index (χ0v) is 19.4. The summed E-state index contributed by atoms with van der Waals surface area (Å²) < 4.78 is 72.0. The molecular weight excluding hydrogens is 495 g/mol. The molecule has 0 fully saturated rings. The molecule has 196 valence electrons. The minimum Gasteiger partial charge on any atom is -0.478 e. The normalized spacial score (nSPS) is 11.1. The maximum absolute atomic E-state index is 14.0. The molecule has 0 spiro atoms. The Balaban J connectivity index is 0.000000369. The number of benzene rings is 3. The van der Waals surface area contributed by atoms with Crippen molar-refractivity contribution in [3.05, 3.63) is 105 Å². The summed E-state index contributed by atoms with van der Waals surface area (Å²) in [6.45, 7) is 5.09. The molecule has 37 heavy (non-hydrogen) atoms. The van der Waals surface area contributed by atoms with Crippen molar-refractivity contribution in [1.82, 2.24) is 0 Å². The Morgan fingerprint density at radius 3 is 2.14 bits per heavy atom. The lowest BCUT2D eigenvalue weighted by Gasteiger charge is -2.14. The molecule has 1 aromatic heterocycles. The highest BCUT2D eigenvalue weighted by Crippen LogP contribution is 2.36. The summed E-state index contributed by atoms with van der Waals surface area (Å²) in [5.74, 6) is -3.16. The summed E-state index contributed by atoms with van der Waals surface area (Å²) in [6, 6.07) is 12.2. The van der Waals surface area contributed by atoms with Gasteiger partial charge in [-0.3, -0.25) is 4.79 Å². The predicted octanol–water partition coefficient (Wildman–Crippen LogP) is 8.21. The second-order valence-corrected chi connectivity index (χ2v) is 8.31. The third kappa shape index (κ3) is 6.61. The number of aryl methyl sites for hydroxylation is 1. The summed E-state index contributed by atoms with van der Waals surface area (Å²) in [5, 5.41) is 8.32. The molecule has 0 unspecified atom stereocenters. The first-order valence-corrected chi connectivity index (χ1v) is 10.7. The standard InChI is InChI=1S/C19H13F5O2.C8H8O2.CH4/c1-9(2)13-5-10(19(22,23)24)6-14-16(25)8-17(26-18(13)14)12-4-3-11(20)7-15(12)21;1-6-4-2-3-5-7(6)8(9)10;/h3-9H,1-2H3;2-5H,1H3,(H,9,10);1H4. The van der Waals surface area contributed by atoms with E-state index in [1.165, 1.54) is 0 Å². The van der Waals surface area contributed by atoms with Gasteiger partial charge in [-0.15, -0.1) is 0 Å². The average molecular weight is 520 g/mol. The largest absolute Gasteiger partial charge is 0.478 e. The molecule has 0 bridgehead atoms. The van der Waals surface area contributed by atoms with Crippen LogP contribution >= 0.6 is 0 Å². The highest BCUT2D eigenvalue weighted by molar-refractivity contribution is 5.89. The Hall–Kier alpha value is -4.01. The minimum absolute atomic E-state index is 0. The van der Waals surface area contributed by atoms with Gasteiger partial charge in [0.2, 0.25) is 0 Å². The van der Waals surface area contributed by atoms with Crippen LogP contribution in [0.3, 0.4) is 0 Å². The zero-order chi connectivity index (χ0) is 26.8. The third-order valence-electron chi connectivity index (χ3n) is 5.38. The molecule has 1 heterocycles. The van der Waals surface area contributed by atoms with E-state index in [1.54, 1.807) is 39.0 Å². The van der Waals surface area contributed by atoms with E-state index in [2.05, 4.69) is 0 Å². The van der Waals surface area contributed by atoms with Crippen molar-refractivity contribution in [1.29, 1.82) is 0 Å². The van der Waals surface area contributed by atoms with Gasteiger partial charge in [0.15, 0.2) is 5.43 Å². The van der Waals surface area contributed by atoms with Crippen molar-refractivity contribution >= 4 is 16.9 Å². The number of fused-ring (bicyclic) bond motifs is 1. The lowest BCUT2D eigenvalue weighted by molar-refractivity contribution is -0.137. The Morgan fingerprint density at radius 2 is 1.62 bits per heavy atom. The fraction of sp³-hybridized carbons (Fsp3) is 0.214. The second-order valence-electron chi connectivity index (χ2n) is 8.31. The molecule has 0 saturated carbocycles. The van der Waals surface area contributed by atoms with E-state index in [9.17, 15) is 31.5 Å². The second kappa shape index (κ2) is 11.4. The number of carboxylic acids is 1. The Bertz CT molecular complexity index is 1490. The number of carboxylic acid groups (broad SMARTS) is 1. The number of hydrogen-bond acceptors (Lipinski definition) is 3. The van der Waals surface area contributed by atoms with Crippen LogP contribution in [0.1, 0.15) is 54.2 Å². The molecule has 0 aliphatic rings. The summed E-state index contributed by atoms with van der Waals surface area (Å²) >= 11 is 0. The van der Waals surface area contributed by atoms with Gasteiger partial charge in [0.1, 0.15) is 23.0 Å². The van der Waals surface area contributed by atoms with Crippen LogP contribution in [0.5, 0.6) is 0 Å². The van der Waals surface area contributed by atoms with E-state index in [0.717, 1.165) is 35.9 Å². The van der Waals surface area contributed by atoms with Crippen LogP contribution < -0.4 is 5.43 Å². The summed E-state index contributed by atoms with van der Waals surface area (Å²) in [7, 11) is 0. The SMILES string of the molecule is C.CC(C)c1cc(C(F)(F)F)cc2c(=O)cc(-c3ccc(F)cc3F)oc12.Cc1ccccc1C(=O)O. The maximum atomic E-state index is 14.0. The number of carbonyl (C=O) groups is 1. The number of alkyl halides is 3. The molecule has 0 amide bonds. The van der Waals surface area contributed by atoms with Crippen molar-refractivity contribution in [2.45, 2.75) is 40.3 Å². The van der Waals surface area contributed by atoms with Crippen molar-refractivity contribution in [3.8, 4) is 11.3 Å². The summed E-state index contributed by atoms with van der Waals surface area (Å²) in [4.78, 5) is 22.8. The highest BCUT2D eigenvalue weighted by Gasteiger charge is 2.32. The van der Waals surface area contributed by atoms with Crippen LogP contribution in [0.4, 0.5) is 22.0 Å². The lowest BCUT2D eigenvalue weighted by atomic mass is 9.97. The van der Waals surface area contributed by atoms with Crippen LogP contribution in [-0.2, 0) is 6.18 Å². The number of aromatic carboxylic acids is 1. The molecule has 0 saturated heterocycles. The van der Waals surface area contributed by atoms with Crippen molar-refractivity contribution in [2.24, 2.45) is 0 Å². The van der Waals surface area contributed by atoms with Gasteiger partial charge >= 0.3 is 12.1 Å². The van der Waals surface area contributed by atoms with Gasteiger partial charge in [0, 0.05) is 12.1 Å². The van der Waals surface area contributed by atoms with Crippen molar-refractivity contribution in [2.75, 3.05) is 0 Å². The van der Waals surface area contributed by atoms with E-state index in [0.29, 0.717) is 11.6 Å². The average Bonchev–Trinajstić information content (AvgIpc) is 2.78. The van der Waals surface area contributed by atoms with Gasteiger partial charge in [-0.25, -0.2) is 13.6 Å². The fourth-order valence-corrected chi connectivity index (χ4v) is 3.51. The van der Waals surface area contributed by atoms with Crippen LogP contribution in [0.25, 0.3) is 22.3 Å². The van der Waals surface area contributed by atoms with Gasteiger partial charge in [-0.2, -0.15) is 13.2 Å². The van der Waals surface area contributed by atoms with Crippen LogP contribution in [0, 0.1) is 18.6 Å². The van der Waals surface area contributed by atoms with E-state index >= 15 is 0 Å². The van der Waals surface area contributed by atoms with E-state index in [4.69, 9.17) is 9.52 Å². The Morgan fingerprint density at radius 1 is 0.973 bits per heavy atom. The molecule has 0 aliphatic heterocycles. The Kier molecular flexibility index (Phi) is 8.98. The van der Waals surface area contributed by atoms with E-state index < -0.39 is 34.8 Å². The zero-order valence-electron chi connectivity index (χ0n) is 19.4. The lowest BCUT2D eigenvalue weighted by Crippen LogP contribution is -2.10. The molecule has 4 aromatic rings. The molecule has 4 rings (SSSR count). The molecule has 4 nitrogen and oxygen atoms in total. The molecule has 1 N–H and O–H groups in total. The summed E-state index contributed by atoms with van der Waals surface area (Å²) in [6.07, 6.45) is -4.62. The third-order valence-corrected chi connectivity index (χ3v) is 5.38. The topological polar surface area (TPSA) is 67.5 Å². The first kappa shape index (κ1) is 29.2. The highest BCUT2D eigenvalue weighted by atomic mass is 19.4. The molecule has 3 aromatic carbocycles. The first-order valence-electron chi connectivity index (χ1n) is 10.7. The predicted molar refractivity (Wildman–Crippen MR) is 132 cm³/mol. The quantitative estimate of drug-likeness (QED) is 0.277. The first-order chi connectivity index (χ1) is 16.8. The maximum Gasteiger partial charge on any atom is 0.416 e. The number of hydrogen-bond donors (Lipinski definition) is 1. The number of halogens is 5. The van der Waals surface area contributed by atoms with Crippen LogP contribution in [-0.4, -0.2) is 11.1 Å². The molecule has 0 aliphatic carbocycles. The van der Waals surface area contributed by atoms with Crippen LogP contribution in [0.15, 0.2) is 69.9 Å². The minimum atomic E-state index is -4.62. The number of rotatable bonds is 3. The van der Waals surface area contributed by atoms with Crippen LogP contribution in [0.2, 0.25) is 0 Å². The van der Waals surface area contributed by atoms with Gasteiger partial charge < -0.3 is 9.52 Å². The van der Waals surface area contributed by atoms with Crippen molar-refractivity contribution in [3.63, 3.8) is 0 Å². The van der Waals surface area contributed by atoms with Gasteiger partial charge in [0.05, 0.1) is 22.1 Å². The van der Waals surface area contributed by atoms with Gasteiger partial charge in [-0.1, -0.05) is 39.5 Å². The molecule has 9 heteroatoms. The monoisotopic (exact) mass is 520 g/mol. The molecule has 0 radical (unpaired) electrons. The fourth-order valence-electron chi connectivity index (χ4n) is 3.51. The van der Waals surface area contributed by atoms with Crippen molar-refractivity contribution < 1.29 is 36.3 Å². The molecule has 0 atom stereocenters. The van der Waals surface area contributed by atoms with E-state index in [1.807, 2.05) is 6.07 Å². The van der Waals surface area contributed by atoms with E-state index in [-0.39, 0.29) is 41.2 Å². The Labute approximate surface area is 210 Å².